The molecule has 0 saturated heterocycles. The SMILES string of the molecule is CN(CCOc1ccccc1F)C(=O)c1ccccc1NC(=O)c1ccccc1Br. The van der Waals surface area contributed by atoms with Gasteiger partial charge in [0.05, 0.1) is 23.4 Å². The molecule has 5 nitrogen and oxygen atoms in total. The van der Waals surface area contributed by atoms with E-state index in [1.807, 2.05) is 6.07 Å². The van der Waals surface area contributed by atoms with Crippen LogP contribution in [-0.4, -0.2) is 36.9 Å². The van der Waals surface area contributed by atoms with E-state index in [1.165, 1.54) is 17.0 Å². The van der Waals surface area contributed by atoms with Crippen LogP contribution in [0.25, 0.3) is 0 Å². The number of nitrogens with zero attached hydrogens (tertiary/aromatic N) is 1. The summed E-state index contributed by atoms with van der Waals surface area (Å²) >= 11 is 3.36. The summed E-state index contributed by atoms with van der Waals surface area (Å²) < 4.78 is 19.7. The van der Waals surface area contributed by atoms with E-state index in [0.717, 1.165) is 0 Å². The molecular formula is C23H20BrFN2O3. The Hall–Kier alpha value is -3.19. The predicted octanol–water partition coefficient (Wildman–Crippen LogP) is 4.99. The zero-order valence-corrected chi connectivity index (χ0v) is 17.9. The molecule has 0 heterocycles. The van der Waals surface area contributed by atoms with Crippen LogP contribution in [0.1, 0.15) is 20.7 Å². The lowest BCUT2D eigenvalue weighted by Gasteiger charge is -2.19. The summed E-state index contributed by atoms with van der Waals surface area (Å²) in [5.74, 6) is -0.922. The van der Waals surface area contributed by atoms with Crippen LogP contribution in [0.15, 0.2) is 77.3 Å². The molecule has 2 amide bonds. The Kier molecular flexibility index (Phi) is 7.19. The lowest BCUT2D eigenvalue weighted by atomic mass is 10.1. The predicted molar refractivity (Wildman–Crippen MR) is 117 cm³/mol. The number of hydrogen-bond acceptors (Lipinski definition) is 3. The van der Waals surface area contributed by atoms with Crippen LogP contribution in [0.4, 0.5) is 10.1 Å². The van der Waals surface area contributed by atoms with Gasteiger partial charge in [-0.15, -0.1) is 0 Å². The highest BCUT2D eigenvalue weighted by Gasteiger charge is 2.18. The number of rotatable bonds is 7. The molecule has 0 saturated carbocycles. The molecule has 3 aromatic carbocycles. The van der Waals surface area contributed by atoms with Gasteiger partial charge < -0.3 is 15.0 Å². The number of nitrogens with one attached hydrogen (secondary N) is 1. The smallest absolute Gasteiger partial charge is 0.256 e. The van der Waals surface area contributed by atoms with Gasteiger partial charge in [-0.3, -0.25) is 9.59 Å². The first-order valence-corrected chi connectivity index (χ1v) is 10.0. The molecule has 0 aliphatic heterocycles. The van der Waals surface area contributed by atoms with Crippen LogP contribution in [-0.2, 0) is 0 Å². The summed E-state index contributed by atoms with van der Waals surface area (Å²) in [5.41, 5.74) is 1.22. The number of anilines is 1. The van der Waals surface area contributed by atoms with E-state index in [4.69, 9.17) is 4.74 Å². The first-order valence-electron chi connectivity index (χ1n) is 9.25. The van der Waals surface area contributed by atoms with E-state index in [1.54, 1.807) is 61.6 Å². The molecule has 0 aromatic heterocycles. The molecule has 0 unspecified atom stereocenters. The molecule has 0 radical (unpaired) electrons. The molecule has 7 heteroatoms. The van der Waals surface area contributed by atoms with Crippen molar-refractivity contribution in [2.24, 2.45) is 0 Å². The Bertz CT molecular complexity index is 1060. The lowest BCUT2D eigenvalue weighted by molar-refractivity contribution is 0.0774. The highest BCUT2D eigenvalue weighted by molar-refractivity contribution is 9.10. The van der Waals surface area contributed by atoms with Gasteiger partial charge in [0.1, 0.15) is 6.61 Å². The minimum Gasteiger partial charge on any atom is -0.489 e. The molecule has 0 aliphatic carbocycles. The third-order valence-corrected chi connectivity index (χ3v) is 5.08. The lowest BCUT2D eigenvalue weighted by Crippen LogP contribution is -2.31. The second-order valence-electron chi connectivity index (χ2n) is 6.49. The van der Waals surface area contributed by atoms with Crippen LogP contribution in [0, 0.1) is 5.82 Å². The zero-order chi connectivity index (χ0) is 21.5. The fourth-order valence-electron chi connectivity index (χ4n) is 2.78. The van der Waals surface area contributed by atoms with E-state index in [0.29, 0.717) is 21.3 Å². The van der Waals surface area contributed by atoms with E-state index >= 15 is 0 Å². The number of benzene rings is 3. The third-order valence-electron chi connectivity index (χ3n) is 4.39. The van der Waals surface area contributed by atoms with Crippen molar-refractivity contribution in [2.75, 3.05) is 25.5 Å². The number of likely N-dealkylation sites (N-methyl/N-ethyl adjacent to an activating group) is 1. The number of ether oxygens (including phenoxy) is 1. The maximum absolute atomic E-state index is 13.6. The Labute approximate surface area is 182 Å². The Morgan fingerprint density at radius 1 is 0.967 bits per heavy atom. The van der Waals surface area contributed by atoms with E-state index in [-0.39, 0.29) is 30.7 Å². The number of amides is 2. The minimum absolute atomic E-state index is 0.134. The molecule has 0 bridgehead atoms. The average Bonchev–Trinajstić information content (AvgIpc) is 2.75. The van der Waals surface area contributed by atoms with Crippen LogP contribution in [0.5, 0.6) is 5.75 Å². The zero-order valence-electron chi connectivity index (χ0n) is 16.3. The summed E-state index contributed by atoms with van der Waals surface area (Å²) in [5, 5.41) is 2.80. The van der Waals surface area contributed by atoms with Gasteiger partial charge in [0.2, 0.25) is 0 Å². The highest BCUT2D eigenvalue weighted by atomic mass is 79.9. The van der Waals surface area contributed by atoms with Crippen molar-refractivity contribution in [3.05, 3.63) is 94.2 Å². The minimum atomic E-state index is -0.452. The quantitative estimate of drug-likeness (QED) is 0.528. The van der Waals surface area contributed by atoms with Crippen molar-refractivity contribution in [1.29, 1.82) is 0 Å². The van der Waals surface area contributed by atoms with Gasteiger partial charge in [0, 0.05) is 11.5 Å². The second-order valence-corrected chi connectivity index (χ2v) is 7.34. The molecule has 0 spiro atoms. The monoisotopic (exact) mass is 470 g/mol. The molecular weight excluding hydrogens is 451 g/mol. The van der Waals surface area contributed by atoms with Gasteiger partial charge in [-0.05, 0) is 52.3 Å². The summed E-state index contributed by atoms with van der Waals surface area (Å²) in [4.78, 5) is 27.0. The number of para-hydroxylation sites is 2. The van der Waals surface area contributed by atoms with Crippen molar-refractivity contribution in [3.63, 3.8) is 0 Å². The van der Waals surface area contributed by atoms with Crippen LogP contribution in [0.3, 0.4) is 0 Å². The van der Waals surface area contributed by atoms with E-state index in [2.05, 4.69) is 21.2 Å². The third kappa shape index (κ3) is 5.24. The molecule has 154 valence electrons. The summed E-state index contributed by atoms with van der Waals surface area (Å²) in [6.07, 6.45) is 0. The molecule has 0 fully saturated rings. The molecule has 0 atom stereocenters. The van der Waals surface area contributed by atoms with Gasteiger partial charge in [-0.1, -0.05) is 36.4 Å². The highest BCUT2D eigenvalue weighted by Crippen LogP contribution is 2.21. The van der Waals surface area contributed by atoms with Gasteiger partial charge in [0.25, 0.3) is 11.8 Å². The standard InChI is InChI=1S/C23H20BrFN2O3/c1-27(14-15-30-21-13-7-5-11-19(21)25)23(29)17-9-3-6-12-20(17)26-22(28)16-8-2-4-10-18(16)24/h2-13H,14-15H2,1H3,(H,26,28). The maximum atomic E-state index is 13.6. The van der Waals surface area contributed by atoms with Gasteiger partial charge in [-0.25, -0.2) is 4.39 Å². The maximum Gasteiger partial charge on any atom is 0.256 e. The number of carbonyl (C=O) groups excluding carboxylic acids is 2. The topological polar surface area (TPSA) is 58.6 Å². The van der Waals surface area contributed by atoms with Gasteiger partial charge in [-0.2, -0.15) is 0 Å². The van der Waals surface area contributed by atoms with Crippen LogP contribution in [0.2, 0.25) is 0 Å². The van der Waals surface area contributed by atoms with E-state index < -0.39 is 5.82 Å². The largest absolute Gasteiger partial charge is 0.489 e. The summed E-state index contributed by atoms with van der Waals surface area (Å²) in [6, 6.07) is 19.9. The van der Waals surface area contributed by atoms with Crippen molar-refractivity contribution < 1.29 is 18.7 Å². The first-order chi connectivity index (χ1) is 14.5. The van der Waals surface area contributed by atoms with Gasteiger partial charge >= 0.3 is 0 Å². The fraction of sp³-hybridized carbons (Fsp3) is 0.130. The number of hydrogen-bond donors (Lipinski definition) is 1. The van der Waals surface area contributed by atoms with Crippen molar-refractivity contribution in [3.8, 4) is 5.75 Å². The normalized spacial score (nSPS) is 10.4. The molecule has 30 heavy (non-hydrogen) atoms. The van der Waals surface area contributed by atoms with E-state index in [9.17, 15) is 14.0 Å². The second kappa shape index (κ2) is 10.0. The summed E-state index contributed by atoms with van der Waals surface area (Å²) in [6.45, 7) is 0.383. The van der Waals surface area contributed by atoms with Crippen LogP contribution < -0.4 is 10.1 Å². The Morgan fingerprint density at radius 3 is 2.33 bits per heavy atom. The Balaban J connectivity index is 1.66. The molecule has 3 rings (SSSR count). The van der Waals surface area contributed by atoms with Gasteiger partial charge in [0.15, 0.2) is 11.6 Å². The fourth-order valence-corrected chi connectivity index (χ4v) is 3.24. The first kappa shape index (κ1) is 21.5. The Morgan fingerprint density at radius 2 is 1.60 bits per heavy atom. The number of carbonyl (C=O) groups is 2. The van der Waals surface area contributed by atoms with Crippen molar-refractivity contribution in [1.82, 2.24) is 4.90 Å². The molecule has 3 aromatic rings. The van der Waals surface area contributed by atoms with Crippen molar-refractivity contribution in [2.45, 2.75) is 0 Å². The van der Waals surface area contributed by atoms with Crippen LogP contribution >= 0.6 is 15.9 Å². The summed E-state index contributed by atoms with van der Waals surface area (Å²) in [7, 11) is 1.62. The van der Waals surface area contributed by atoms with Crippen molar-refractivity contribution >= 4 is 33.4 Å². The molecule has 0 aliphatic rings. The average molecular weight is 471 g/mol. The number of halogens is 2. The molecule has 1 N–H and O–H groups in total.